The third kappa shape index (κ3) is 63.7. The van der Waals surface area contributed by atoms with E-state index in [9.17, 15) is 14.4 Å². The molecule has 1 atom stereocenters. The van der Waals surface area contributed by atoms with E-state index >= 15 is 0 Å². The molecular formula is C72H128O6. The molecule has 0 saturated heterocycles. The van der Waals surface area contributed by atoms with Crippen LogP contribution in [-0.2, 0) is 28.6 Å². The maximum atomic E-state index is 12.9. The van der Waals surface area contributed by atoms with Crippen molar-refractivity contribution in [3.63, 3.8) is 0 Å². The van der Waals surface area contributed by atoms with Crippen LogP contribution < -0.4 is 0 Å². The molecule has 6 nitrogen and oxygen atoms in total. The molecule has 0 fully saturated rings. The van der Waals surface area contributed by atoms with Gasteiger partial charge in [-0.1, -0.05) is 312 Å². The van der Waals surface area contributed by atoms with Gasteiger partial charge in [-0.15, -0.1) is 0 Å². The summed E-state index contributed by atoms with van der Waals surface area (Å²) in [5.74, 6) is -0.891. The zero-order valence-corrected chi connectivity index (χ0v) is 51.9. The molecule has 0 aromatic heterocycles. The second-order valence-electron chi connectivity index (χ2n) is 22.7. The molecular weight excluding hydrogens is 961 g/mol. The van der Waals surface area contributed by atoms with Crippen LogP contribution in [0.2, 0.25) is 0 Å². The van der Waals surface area contributed by atoms with Gasteiger partial charge >= 0.3 is 17.9 Å². The SMILES string of the molecule is CC/C=C\C/C=C\C/C=C\C/C=C\CCCCCCC(=O)OCC(COC(=O)CCCCCCCCCCCCCCCCCCCCCCCC)OC(=O)CCCCCCCCCCC/C=C\C/C=C\CCCCCCC. The first-order chi connectivity index (χ1) is 38.5. The minimum atomic E-state index is -0.789. The number of carbonyl (C=O) groups is 3. The van der Waals surface area contributed by atoms with Gasteiger partial charge in [-0.3, -0.25) is 14.4 Å². The number of allylic oxidation sites excluding steroid dienone is 12. The molecule has 0 bridgehead atoms. The van der Waals surface area contributed by atoms with Crippen LogP contribution in [0.3, 0.4) is 0 Å². The number of unbranched alkanes of at least 4 members (excludes halogenated alkanes) is 39. The first-order valence-corrected chi connectivity index (χ1v) is 33.9. The highest BCUT2D eigenvalue weighted by Crippen LogP contribution is 2.18. The molecule has 0 aliphatic carbocycles. The highest BCUT2D eigenvalue weighted by Gasteiger charge is 2.19. The molecule has 0 N–H and O–H groups in total. The zero-order chi connectivity index (χ0) is 56.4. The van der Waals surface area contributed by atoms with Crippen LogP contribution in [-0.4, -0.2) is 37.2 Å². The molecule has 0 aliphatic heterocycles. The molecule has 0 heterocycles. The van der Waals surface area contributed by atoms with Gasteiger partial charge in [0, 0.05) is 19.3 Å². The molecule has 1 unspecified atom stereocenters. The Kier molecular flexibility index (Phi) is 63.7. The van der Waals surface area contributed by atoms with E-state index in [1.165, 1.54) is 205 Å². The van der Waals surface area contributed by atoms with Gasteiger partial charge in [0.15, 0.2) is 6.10 Å². The Labute approximate surface area is 484 Å². The maximum Gasteiger partial charge on any atom is 0.306 e. The van der Waals surface area contributed by atoms with Gasteiger partial charge in [-0.2, -0.15) is 0 Å². The molecule has 0 aromatic carbocycles. The van der Waals surface area contributed by atoms with E-state index in [1.807, 2.05) is 0 Å². The normalized spacial score (nSPS) is 12.5. The number of esters is 3. The molecule has 6 heteroatoms. The highest BCUT2D eigenvalue weighted by atomic mass is 16.6. The van der Waals surface area contributed by atoms with Gasteiger partial charge in [-0.25, -0.2) is 0 Å². The highest BCUT2D eigenvalue weighted by molar-refractivity contribution is 5.71. The molecule has 78 heavy (non-hydrogen) atoms. The third-order valence-electron chi connectivity index (χ3n) is 14.9. The van der Waals surface area contributed by atoms with E-state index < -0.39 is 6.10 Å². The lowest BCUT2D eigenvalue weighted by Crippen LogP contribution is -2.30. The summed E-state index contributed by atoms with van der Waals surface area (Å²) >= 11 is 0. The van der Waals surface area contributed by atoms with Crippen LogP contribution >= 0.6 is 0 Å². The van der Waals surface area contributed by atoms with Crippen LogP contribution in [0.15, 0.2) is 72.9 Å². The van der Waals surface area contributed by atoms with Crippen molar-refractivity contribution in [1.29, 1.82) is 0 Å². The lowest BCUT2D eigenvalue weighted by atomic mass is 10.0. The van der Waals surface area contributed by atoms with Gasteiger partial charge in [0.1, 0.15) is 13.2 Å². The second-order valence-corrected chi connectivity index (χ2v) is 22.7. The van der Waals surface area contributed by atoms with Crippen molar-refractivity contribution in [3.8, 4) is 0 Å². The predicted octanol–water partition coefficient (Wildman–Crippen LogP) is 23.3. The number of rotatable bonds is 62. The molecule has 0 aliphatic rings. The first kappa shape index (κ1) is 74.8. The largest absolute Gasteiger partial charge is 0.462 e. The van der Waals surface area contributed by atoms with E-state index in [4.69, 9.17) is 14.2 Å². The summed E-state index contributed by atoms with van der Waals surface area (Å²) < 4.78 is 17.0. The van der Waals surface area contributed by atoms with Gasteiger partial charge in [0.2, 0.25) is 0 Å². The van der Waals surface area contributed by atoms with Gasteiger partial charge in [-0.05, 0) is 89.9 Å². The monoisotopic (exact) mass is 1090 g/mol. The molecule has 452 valence electrons. The fourth-order valence-corrected chi connectivity index (χ4v) is 9.88. The van der Waals surface area contributed by atoms with Crippen molar-refractivity contribution in [2.45, 2.75) is 354 Å². The molecule has 0 spiro atoms. The Morgan fingerprint density at radius 2 is 0.500 bits per heavy atom. The third-order valence-corrected chi connectivity index (χ3v) is 14.9. The maximum absolute atomic E-state index is 12.9. The standard InChI is InChI=1S/C72H128O6/c1-4-7-10-13-16-19-22-25-28-31-33-35-37-38-41-44-47-50-53-56-59-62-65-71(74)77-68-69(67-76-70(73)64-61-58-55-52-49-46-43-40-30-27-24-21-18-15-12-9-6-3)78-72(75)66-63-60-57-54-51-48-45-42-39-36-34-32-29-26-23-20-17-14-11-8-5-2/h9,12,18,21,23,26-27,30,32,34,43,46,69H,4-8,10-11,13-17,19-20,22,24-25,28-29,31,33,35-42,44-45,47-68H2,1-3H3/b12-9-,21-18-,26-23-,30-27-,34-32-,46-43-. The number of hydrogen-bond donors (Lipinski definition) is 0. The quantitative estimate of drug-likeness (QED) is 0.0261. The number of ether oxygens (including phenoxy) is 3. The fourth-order valence-electron chi connectivity index (χ4n) is 9.88. The van der Waals surface area contributed by atoms with Crippen molar-refractivity contribution >= 4 is 17.9 Å². The fraction of sp³-hybridized carbons (Fsp3) is 0.792. The van der Waals surface area contributed by atoms with Crippen LogP contribution in [0.1, 0.15) is 348 Å². The number of carbonyl (C=O) groups excluding carboxylic acids is 3. The molecule has 0 radical (unpaired) electrons. The second kappa shape index (κ2) is 66.4. The summed E-state index contributed by atoms with van der Waals surface area (Å²) in [5, 5.41) is 0. The Morgan fingerprint density at radius 3 is 0.782 bits per heavy atom. The topological polar surface area (TPSA) is 78.9 Å². The Balaban J connectivity index is 4.37. The van der Waals surface area contributed by atoms with E-state index in [0.717, 1.165) is 103 Å². The molecule has 0 rings (SSSR count). The van der Waals surface area contributed by atoms with E-state index in [2.05, 4.69) is 93.7 Å². The lowest BCUT2D eigenvalue weighted by Gasteiger charge is -2.18. The lowest BCUT2D eigenvalue weighted by molar-refractivity contribution is -0.167. The average molecular weight is 1090 g/mol. The van der Waals surface area contributed by atoms with Crippen molar-refractivity contribution in [3.05, 3.63) is 72.9 Å². The summed E-state index contributed by atoms with van der Waals surface area (Å²) in [6.45, 7) is 6.55. The van der Waals surface area contributed by atoms with Gasteiger partial charge in [0.05, 0.1) is 0 Å². The van der Waals surface area contributed by atoms with Crippen LogP contribution in [0, 0.1) is 0 Å². The van der Waals surface area contributed by atoms with E-state index in [1.54, 1.807) is 0 Å². The van der Waals surface area contributed by atoms with Crippen molar-refractivity contribution in [1.82, 2.24) is 0 Å². The minimum absolute atomic E-state index is 0.0819. The summed E-state index contributed by atoms with van der Waals surface area (Å²) in [4.78, 5) is 38.4. The van der Waals surface area contributed by atoms with Crippen molar-refractivity contribution in [2.24, 2.45) is 0 Å². The average Bonchev–Trinajstić information content (AvgIpc) is 3.44. The van der Waals surface area contributed by atoms with Crippen LogP contribution in [0.25, 0.3) is 0 Å². The smallest absolute Gasteiger partial charge is 0.306 e. The Morgan fingerprint density at radius 1 is 0.269 bits per heavy atom. The Bertz CT molecular complexity index is 1440. The molecule has 0 aromatic rings. The zero-order valence-electron chi connectivity index (χ0n) is 51.9. The minimum Gasteiger partial charge on any atom is -0.462 e. The molecule has 0 amide bonds. The summed E-state index contributed by atoms with van der Waals surface area (Å²) in [6, 6.07) is 0. The van der Waals surface area contributed by atoms with Crippen molar-refractivity contribution < 1.29 is 28.6 Å². The van der Waals surface area contributed by atoms with E-state index in [-0.39, 0.29) is 31.1 Å². The van der Waals surface area contributed by atoms with Crippen LogP contribution in [0.5, 0.6) is 0 Å². The first-order valence-electron chi connectivity index (χ1n) is 33.9. The summed E-state index contributed by atoms with van der Waals surface area (Å²) in [7, 11) is 0. The van der Waals surface area contributed by atoms with Gasteiger partial charge in [0.25, 0.3) is 0 Å². The van der Waals surface area contributed by atoms with Gasteiger partial charge < -0.3 is 14.2 Å². The summed E-state index contributed by atoms with van der Waals surface area (Å²) in [5.41, 5.74) is 0. The number of hydrogen-bond acceptors (Lipinski definition) is 6. The predicted molar refractivity (Wildman–Crippen MR) is 339 cm³/mol. The van der Waals surface area contributed by atoms with Crippen molar-refractivity contribution in [2.75, 3.05) is 13.2 Å². The molecule has 0 saturated carbocycles. The van der Waals surface area contributed by atoms with E-state index in [0.29, 0.717) is 19.3 Å². The van der Waals surface area contributed by atoms with Crippen LogP contribution in [0.4, 0.5) is 0 Å². The Hall–Kier alpha value is -3.15. The summed E-state index contributed by atoms with van der Waals surface area (Å²) in [6.07, 6.45) is 86.3.